The van der Waals surface area contributed by atoms with Crippen molar-refractivity contribution in [3.05, 3.63) is 58.0 Å². The molecular weight excluding hydrogens is 245 g/mol. The number of hydrogen-bond donors (Lipinski definition) is 0. The van der Waals surface area contributed by atoms with Gasteiger partial charge in [-0.1, -0.05) is 12.1 Å². The predicted octanol–water partition coefficient (Wildman–Crippen LogP) is 3.88. The number of halogens is 1. The average molecular weight is 261 g/mol. The van der Waals surface area contributed by atoms with E-state index in [1.165, 1.54) is 17.5 Å². The highest BCUT2D eigenvalue weighted by Gasteiger charge is 2.23. The molecule has 0 radical (unpaired) electrons. The van der Waals surface area contributed by atoms with Crippen LogP contribution in [-0.4, -0.2) is 18.0 Å². The summed E-state index contributed by atoms with van der Waals surface area (Å²) in [5.74, 6) is 0.413. The SMILES string of the molecule is Fc1ccc([C@H]2CCN(Cc3ccsc3)C2)cc1. The summed E-state index contributed by atoms with van der Waals surface area (Å²) in [6.07, 6.45) is 1.18. The van der Waals surface area contributed by atoms with Gasteiger partial charge in [0.2, 0.25) is 0 Å². The summed E-state index contributed by atoms with van der Waals surface area (Å²) in [5, 5.41) is 4.34. The topological polar surface area (TPSA) is 3.24 Å². The summed E-state index contributed by atoms with van der Waals surface area (Å²) >= 11 is 1.75. The Labute approximate surface area is 111 Å². The van der Waals surface area contributed by atoms with E-state index in [1.54, 1.807) is 23.5 Å². The molecule has 1 nitrogen and oxygen atoms in total. The first-order valence-electron chi connectivity index (χ1n) is 6.30. The minimum atomic E-state index is -0.146. The van der Waals surface area contributed by atoms with Crippen molar-refractivity contribution in [2.24, 2.45) is 0 Å². The van der Waals surface area contributed by atoms with Crippen LogP contribution < -0.4 is 0 Å². The molecule has 3 rings (SSSR count). The zero-order chi connectivity index (χ0) is 12.4. The van der Waals surface area contributed by atoms with Crippen LogP contribution in [0.25, 0.3) is 0 Å². The highest BCUT2D eigenvalue weighted by atomic mass is 32.1. The Hall–Kier alpha value is -1.19. The first-order chi connectivity index (χ1) is 8.81. The lowest BCUT2D eigenvalue weighted by atomic mass is 9.99. The summed E-state index contributed by atoms with van der Waals surface area (Å²) in [6.45, 7) is 3.26. The van der Waals surface area contributed by atoms with Crippen LogP contribution in [0.1, 0.15) is 23.5 Å². The Bertz CT molecular complexity index is 492. The Morgan fingerprint density at radius 3 is 2.78 bits per heavy atom. The van der Waals surface area contributed by atoms with Crippen LogP contribution in [0.4, 0.5) is 4.39 Å². The molecule has 1 atom stereocenters. The van der Waals surface area contributed by atoms with Gasteiger partial charge in [-0.3, -0.25) is 4.90 Å². The quantitative estimate of drug-likeness (QED) is 0.810. The van der Waals surface area contributed by atoms with Crippen LogP contribution in [0.15, 0.2) is 41.1 Å². The summed E-state index contributed by atoms with van der Waals surface area (Å²) in [5.41, 5.74) is 2.67. The van der Waals surface area contributed by atoms with Gasteiger partial charge in [-0.15, -0.1) is 0 Å². The van der Waals surface area contributed by atoms with Gasteiger partial charge >= 0.3 is 0 Å². The molecule has 18 heavy (non-hydrogen) atoms. The third-order valence-corrected chi connectivity index (χ3v) is 4.33. The van der Waals surface area contributed by atoms with Gasteiger partial charge in [-0.05, 0) is 59.0 Å². The summed E-state index contributed by atoms with van der Waals surface area (Å²) in [6, 6.07) is 9.17. The molecule has 1 aromatic heterocycles. The van der Waals surface area contributed by atoms with Gasteiger partial charge in [0.25, 0.3) is 0 Å². The molecule has 2 aromatic rings. The number of nitrogens with zero attached hydrogens (tertiary/aromatic N) is 1. The van der Waals surface area contributed by atoms with Gasteiger partial charge in [0, 0.05) is 13.1 Å². The van der Waals surface area contributed by atoms with Crippen molar-refractivity contribution in [3.63, 3.8) is 0 Å². The molecule has 1 fully saturated rings. The number of hydrogen-bond acceptors (Lipinski definition) is 2. The van der Waals surface area contributed by atoms with E-state index >= 15 is 0 Å². The standard InChI is InChI=1S/C15H16FNS/c16-15-3-1-13(2-4-15)14-5-7-17(10-14)9-12-6-8-18-11-12/h1-4,6,8,11,14H,5,7,9-10H2/t14-/m0/s1. The Morgan fingerprint density at radius 1 is 1.22 bits per heavy atom. The molecule has 1 aliphatic rings. The minimum Gasteiger partial charge on any atom is -0.298 e. The highest BCUT2D eigenvalue weighted by molar-refractivity contribution is 7.07. The fourth-order valence-corrected chi connectivity index (χ4v) is 3.28. The van der Waals surface area contributed by atoms with Gasteiger partial charge in [-0.2, -0.15) is 11.3 Å². The molecule has 0 N–H and O–H groups in total. The van der Waals surface area contributed by atoms with Gasteiger partial charge in [0.1, 0.15) is 5.82 Å². The van der Waals surface area contributed by atoms with E-state index in [4.69, 9.17) is 0 Å². The van der Waals surface area contributed by atoms with Crippen molar-refractivity contribution < 1.29 is 4.39 Å². The lowest BCUT2D eigenvalue weighted by molar-refractivity contribution is 0.327. The molecule has 0 aliphatic carbocycles. The van der Waals surface area contributed by atoms with Crippen LogP contribution in [0.2, 0.25) is 0 Å². The Balaban J connectivity index is 1.63. The number of likely N-dealkylation sites (tertiary alicyclic amines) is 1. The van der Waals surface area contributed by atoms with E-state index in [9.17, 15) is 4.39 Å². The van der Waals surface area contributed by atoms with E-state index in [-0.39, 0.29) is 5.82 Å². The number of rotatable bonds is 3. The maximum absolute atomic E-state index is 12.9. The van der Waals surface area contributed by atoms with Crippen LogP contribution in [0, 0.1) is 5.82 Å². The second-order valence-electron chi connectivity index (χ2n) is 4.90. The van der Waals surface area contributed by atoms with E-state index in [0.717, 1.165) is 19.6 Å². The fraction of sp³-hybridized carbons (Fsp3) is 0.333. The fourth-order valence-electron chi connectivity index (χ4n) is 2.62. The molecule has 1 aromatic carbocycles. The molecule has 94 valence electrons. The molecule has 0 saturated carbocycles. The molecule has 2 heterocycles. The van der Waals surface area contributed by atoms with Gasteiger partial charge in [-0.25, -0.2) is 4.39 Å². The first-order valence-corrected chi connectivity index (χ1v) is 7.24. The lowest BCUT2D eigenvalue weighted by Crippen LogP contribution is -2.19. The molecule has 3 heteroatoms. The van der Waals surface area contributed by atoms with E-state index < -0.39 is 0 Å². The van der Waals surface area contributed by atoms with E-state index in [2.05, 4.69) is 21.7 Å². The van der Waals surface area contributed by atoms with Crippen LogP contribution in [0.3, 0.4) is 0 Å². The molecule has 0 amide bonds. The number of thiophene rings is 1. The maximum Gasteiger partial charge on any atom is 0.123 e. The normalized spacial score (nSPS) is 20.4. The van der Waals surface area contributed by atoms with Crippen molar-refractivity contribution in [1.29, 1.82) is 0 Å². The molecule has 0 bridgehead atoms. The van der Waals surface area contributed by atoms with E-state index in [1.807, 2.05) is 12.1 Å². The zero-order valence-electron chi connectivity index (χ0n) is 10.2. The lowest BCUT2D eigenvalue weighted by Gasteiger charge is -2.15. The summed E-state index contributed by atoms with van der Waals surface area (Å²) in [7, 11) is 0. The second kappa shape index (κ2) is 5.21. The third kappa shape index (κ3) is 2.62. The zero-order valence-corrected chi connectivity index (χ0v) is 11.0. The summed E-state index contributed by atoms with van der Waals surface area (Å²) < 4.78 is 12.9. The molecular formula is C15H16FNS. The van der Waals surface area contributed by atoms with Crippen molar-refractivity contribution in [3.8, 4) is 0 Å². The van der Waals surface area contributed by atoms with Gasteiger partial charge in [0.05, 0.1) is 0 Å². The van der Waals surface area contributed by atoms with Gasteiger partial charge in [0.15, 0.2) is 0 Å². The minimum absolute atomic E-state index is 0.146. The number of benzene rings is 1. The van der Waals surface area contributed by atoms with Crippen molar-refractivity contribution >= 4 is 11.3 Å². The second-order valence-corrected chi connectivity index (χ2v) is 5.68. The highest BCUT2D eigenvalue weighted by Crippen LogP contribution is 2.28. The molecule has 0 spiro atoms. The van der Waals surface area contributed by atoms with Crippen LogP contribution in [-0.2, 0) is 6.54 Å². The average Bonchev–Trinajstić information content (AvgIpc) is 3.02. The van der Waals surface area contributed by atoms with E-state index in [0.29, 0.717) is 5.92 Å². The van der Waals surface area contributed by atoms with Crippen LogP contribution >= 0.6 is 11.3 Å². The summed E-state index contributed by atoms with van der Waals surface area (Å²) in [4.78, 5) is 2.48. The predicted molar refractivity (Wildman–Crippen MR) is 73.4 cm³/mol. The largest absolute Gasteiger partial charge is 0.298 e. The van der Waals surface area contributed by atoms with Crippen molar-refractivity contribution in [2.45, 2.75) is 18.9 Å². The van der Waals surface area contributed by atoms with Crippen LogP contribution in [0.5, 0.6) is 0 Å². The van der Waals surface area contributed by atoms with Gasteiger partial charge < -0.3 is 0 Å². The Morgan fingerprint density at radius 2 is 2.06 bits per heavy atom. The molecule has 1 saturated heterocycles. The van der Waals surface area contributed by atoms with Crippen molar-refractivity contribution in [2.75, 3.05) is 13.1 Å². The maximum atomic E-state index is 12.9. The molecule has 0 unspecified atom stereocenters. The third-order valence-electron chi connectivity index (χ3n) is 3.60. The smallest absolute Gasteiger partial charge is 0.123 e. The Kier molecular flexibility index (Phi) is 3.43. The monoisotopic (exact) mass is 261 g/mol. The first kappa shape index (κ1) is 11.9. The van der Waals surface area contributed by atoms with Crippen molar-refractivity contribution in [1.82, 2.24) is 4.90 Å². The molecule has 1 aliphatic heterocycles.